The van der Waals surface area contributed by atoms with Gasteiger partial charge in [-0.05, 0) is 19.1 Å². The maximum atomic E-state index is 3.62. The molecular formula is C26H22N3Y-. The predicted octanol–water partition coefficient (Wildman–Crippen LogP) is 5.13. The van der Waals surface area contributed by atoms with Crippen molar-refractivity contribution >= 4 is 10.9 Å². The van der Waals surface area contributed by atoms with Crippen molar-refractivity contribution in [1.29, 1.82) is 0 Å². The summed E-state index contributed by atoms with van der Waals surface area (Å²) in [5, 5.41) is 1.11. The number of fused-ring (bicyclic) bond motifs is 1. The van der Waals surface area contributed by atoms with Crippen molar-refractivity contribution in [3.8, 4) is 22.8 Å². The van der Waals surface area contributed by atoms with Crippen LogP contribution in [0.25, 0.3) is 33.7 Å². The zero-order valence-electron chi connectivity index (χ0n) is 17.4. The zero-order chi connectivity index (χ0) is 20.0. The Labute approximate surface area is 202 Å². The zero-order valence-corrected chi connectivity index (χ0v) is 20.3. The molecule has 5 rings (SSSR count). The average molecular weight is 465 g/mol. The molecule has 0 fully saturated rings. The van der Waals surface area contributed by atoms with E-state index in [0.717, 1.165) is 34.0 Å². The molecular weight excluding hydrogens is 443 g/mol. The van der Waals surface area contributed by atoms with Crippen LogP contribution < -0.4 is 4.57 Å². The van der Waals surface area contributed by atoms with E-state index in [9.17, 15) is 0 Å². The van der Waals surface area contributed by atoms with Gasteiger partial charge in [-0.25, -0.2) is 9.13 Å². The monoisotopic (exact) mass is 465 g/mol. The van der Waals surface area contributed by atoms with Gasteiger partial charge in [0.1, 0.15) is 11.9 Å². The first-order chi connectivity index (χ1) is 14.1. The number of rotatable bonds is 3. The summed E-state index contributed by atoms with van der Waals surface area (Å²) < 4.78 is 6.78. The fourth-order valence-corrected chi connectivity index (χ4v) is 3.99. The number of imidazole rings is 1. The first-order valence-corrected chi connectivity index (χ1v) is 9.79. The molecule has 0 amide bonds. The molecule has 2 heterocycles. The number of hydrogen-bond acceptors (Lipinski definition) is 0. The third-order valence-electron chi connectivity index (χ3n) is 5.59. The summed E-state index contributed by atoms with van der Waals surface area (Å²) >= 11 is 0. The number of para-hydroxylation sites is 2. The van der Waals surface area contributed by atoms with E-state index in [0.29, 0.717) is 0 Å². The molecule has 0 aliphatic rings. The van der Waals surface area contributed by atoms with Gasteiger partial charge >= 0.3 is 0 Å². The van der Waals surface area contributed by atoms with Crippen LogP contribution in [0, 0.1) is 26.0 Å². The normalized spacial score (nSPS) is 10.9. The van der Waals surface area contributed by atoms with Crippen LogP contribution in [0.4, 0.5) is 0 Å². The van der Waals surface area contributed by atoms with E-state index < -0.39 is 0 Å². The van der Waals surface area contributed by atoms with Crippen LogP contribution >= 0.6 is 0 Å². The van der Waals surface area contributed by atoms with Gasteiger partial charge in [-0.15, -0.1) is 23.6 Å². The van der Waals surface area contributed by atoms with Gasteiger partial charge in [0, 0.05) is 45.1 Å². The van der Waals surface area contributed by atoms with E-state index in [2.05, 4.69) is 108 Å². The summed E-state index contributed by atoms with van der Waals surface area (Å²) in [5.41, 5.74) is 5.62. The molecule has 0 saturated heterocycles. The van der Waals surface area contributed by atoms with Gasteiger partial charge in [-0.1, -0.05) is 35.5 Å². The maximum Gasteiger partial charge on any atom is 0.247 e. The minimum Gasteiger partial charge on any atom is -0.322 e. The summed E-state index contributed by atoms with van der Waals surface area (Å²) in [7, 11) is 2.12. The van der Waals surface area contributed by atoms with Gasteiger partial charge in [0.2, 0.25) is 11.6 Å². The van der Waals surface area contributed by atoms with Crippen molar-refractivity contribution in [2.24, 2.45) is 7.05 Å². The Bertz CT molecular complexity index is 1320. The first kappa shape index (κ1) is 20.8. The van der Waals surface area contributed by atoms with E-state index in [4.69, 9.17) is 0 Å². The molecule has 0 N–H and O–H groups in total. The summed E-state index contributed by atoms with van der Waals surface area (Å²) in [6, 6.07) is 31.9. The maximum absolute atomic E-state index is 3.62. The molecule has 4 heteroatoms. The van der Waals surface area contributed by atoms with Crippen LogP contribution in [-0.2, 0) is 39.8 Å². The summed E-state index contributed by atoms with van der Waals surface area (Å²) in [6.45, 7) is 4.30. The van der Waals surface area contributed by atoms with E-state index >= 15 is 0 Å². The van der Waals surface area contributed by atoms with Gasteiger partial charge in [-0.2, -0.15) is 35.9 Å². The third-order valence-corrected chi connectivity index (χ3v) is 5.59. The first-order valence-electron chi connectivity index (χ1n) is 9.79. The quantitative estimate of drug-likeness (QED) is 0.259. The van der Waals surface area contributed by atoms with E-state index in [1.807, 2.05) is 18.2 Å². The Morgan fingerprint density at radius 2 is 1.63 bits per heavy atom. The van der Waals surface area contributed by atoms with Crippen molar-refractivity contribution < 1.29 is 37.3 Å². The van der Waals surface area contributed by atoms with Crippen molar-refractivity contribution in [3.05, 3.63) is 103 Å². The van der Waals surface area contributed by atoms with Gasteiger partial charge < -0.3 is 4.57 Å². The Morgan fingerprint density at radius 1 is 0.867 bits per heavy atom. The molecule has 30 heavy (non-hydrogen) atoms. The smallest absolute Gasteiger partial charge is 0.247 e. The topological polar surface area (TPSA) is 13.7 Å². The van der Waals surface area contributed by atoms with E-state index in [1.54, 1.807) is 0 Å². The van der Waals surface area contributed by atoms with Crippen LogP contribution in [0.1, 0.15) is 11.4 Å². The molecule has 0 atom stereocenters. The number of aryl methyl sites for hydroxylation is 1. The third kappa shape index (κ3) is 3.36. The standard InChI is InChI=1S/C26H22N3.Y/c1-19-11-10-14-22-17-24(21-12-6-4-7-13-21)29(26(19)22)25-18-28(20(2)27(25)3)23-15-8-5-9-16-23;/h4-12,14-16,18H,1-3H3;/q-1;. The summed E-state index contributed by atoms with van der Waals surface area (Å²) in [5.74, 6) is 2.25. The molecule has 2 aromatic heterocycles. The summed E-state index contributed by atoms with van der Waals surface area (Å²) in [4.78, 5) is 0. The molecule has 0 spiro atoms. The van der Waals surface area contributed by atoms with Crippen molar-refractivity contribution in [2.45, 2.75) is 13.8 Å². The van der Waals surface area contributed by atoms with Crippen molar-refractivity contribution in [1.82, 2.24) is 9.13 Å². The minimum absolute atomic E-state index is 0. The molecule has 0 unspecified atom stereocenters. The number of hydrogen-bond donors (Lipinski definition) is 0. The molecule has 3 aromatic carbocycles. The van der Waals surface area contributed by atoms with Crippen molar-refractivity contribution in [2.75, 3.05) is 0 Å². The molecule has 3 nitrogen and oxygen atoms in total. The van der Waals surface area contributed by atoms with Gasteiger partial charge in [0.15, 0.2) is 0 Å². The van der Waals surface area contributed by atoms with Gasteiger partial charge in [0.25, 0.3) is 0 Å². The predicted molar refractivity (Wildman–Crippen MR) is 116 cm³/mol. The van der Waals surface area contributed by atoms with Crippen LogP contribution in [0.5, 0.6) is 0 Å². The van der Waals surface area contributed by atoms with E-state index in [1.165, 1.54) is 11.1 Å². The van der Waals surface area contributed by atoms with Gasteiger partial charge in [-0.3, -0.25) is 0 Å². The Hall–Kier alpha value is -2.49. The van der Waals surface area contributed by atoms with E-state index in [-0.39, 0.29) is 32.7 Å². The minimum atomic E-state index is 0. The number of benzene rings is 3. The molecule has 1 radical (unpaired) electrons. The second-order valence-corrected chi connectivity index (χ2v) is 7.36. The van der Waals surface area contributed by atoms with Crippen molar-refractivity contribution in [3.63, 3.8) is 0 Å². The Morgan fingerprint density at radius 3 is 2.37 bits per heavy atom. The second kappa shape index (κ2) is 8.33. The van der Waals surface area contributed by atoms with Crippen LogP contribution in [-0.4, -0.2) is 9.13 Å². The second-order valence-electron chi connectivity index (χ2n) is 7.36. The fraction of sp³-hybridized carbons (Fsp3) is 0.115. The molecule has 5 aromatic rings. The largest absolute Gasteiger partial charge is 0.322 e. The molecule has 145 valence electrons. The van der Waals surface area contributed by atoms with Crippen LogP contribution in [0.2, 0.25) is 0 Å². The fourth-order valence-electron chi connectivity index (χ4n) is 3.99. The SMILES string of the molecule is Cc1cccc2[c-]c(-c3[c-]cccc3)n(-c3cn(-c4ccccc4)c(C)[n+]3C)c12.[Y]. The Balaban J connectivity index is 0.00000218. The molecule has 0 bridgehead atoms. The van der Waals surface area contributed by atoms with Gasteiger partial charge in [0.05, 0.1) is 7.05 Å². The molecule has 0 aliphatic carbocycles. The Kier molecular flexibility index (Phi) is 5.77. The van der Waals surface area contributed by atoms with Crippen LogP contribution in [0.15, 0.2) is 79.0 Å². The molecule has 0 saturated carbocycles. The number of nitrogens with zero attached hydrogens (tertiary/aromatic N) is 3. The molecule has 0 aliphatic heterocycles. The average Bonchev–Trinajstić information content (AvgIpc) is 3.28. The number of aromatic nitrogens is 3. The van der Waals surface area contributed by atoms with Crippen LogP contribution in [0.3, 0.4) is 0 Å². The summed E-state index contributed by atoms with van der Waals surface area (Å²) in [6.07, 6.45) is 2.21.